The maximum absolute atomic E-state index is 12.3. The maximum Gasteiger partial charge on any atom is 0.226 e. The lowest BCUT2D eigenvalue weighted by Gasteiger charge is -2.32. The Bertz CT molecular complexity index is 604. The fourth-order valence-electron chi connectivity index (χ4n) is 2.96. The van der Waals surface area contributed by atoms with E-state index in [-0.39, 0.29) is 5.91 Å². The van der Waals surface area contributed by atoms with Crippen molar-refractivity contribution in [3.63, 3.8) is 0 Å². The number of amides is 1. The largest absolute Gasteiger partial charge is 0.493 e. The summed E-state index contributed by atoms with van der Waals surface area (Å²) in [6.07, 6.45) is 2.55. The maximum atomic E-state index is 12.3. The van der Waals surface area contributed by atoms with Crippen molar-refractivity contribution in [3.05, 3.63) is 66.2 Å². The van der Waals surface area contributed by atoms with E-state index in [1.165, 1.54) is 0 Å². The number of rotatable bonds is 5. The normalized spacial score (nSPS) is 15.4. The molecule has 3 rings (SSSR count). The van der Waals surface area contributed by atoms with E-state index in [1.54, 1.807) is 0 Å². The van der Waals surface area contributed by atoms with E-state index in [0.717, 1.165) is 43.9 Å². The molecule has 1 saturated heterocycles. The number of carbonyl (C=O) groups is 1. The Kier molecular flexibility index (Phi) is 5.30. The number of piperidine rings is 1. The Labute approximate surface area is 137 Å². The number of hydrogen-bond donors (Lipinski definition) is 0. The van der Waals surface area contributed by atoms with E-state index in [1.807, 2.05) is 65.6 Å². The lowest BCUT2D eigenvalue weighted by Crippen LogP contribution is -2.40. The summed E-state index contributed by atoms with van der Waals surface area (Å²) in [6, 6.07) is 19.9. The van der Waals surface area contributed by atoms with E-state index in [0.29, 0.717) is 12.3 Å². The molecule has 0 N–H and O–H groups in total. The zero-order valence-corrected chi connectivity index (χ0v) is 13.4. The van der Waals surface area contributed by atoms with Crippen LogP contribution >= 0.6 is 0 Å². The van der Waals surface area contributed by atoms with Gasteiger partial charge in [0.2, 0.25) is 5.91 Å². The number of hydrogen-bond acceptors (Lipinski definition) is 2. The summed E-state index contributed by atoms with van der Waals surface area (Å²) < 4.78 is 5.83. The average molecular weight is 309 g/mol. The third kappa shape index (κ3) is 4.59. The topological polar surface area (TPSA) is 29.5 Å². The van der Waals surface area contributed by atoms with E-state index < -0.39 is 0 Å². The molecule has 120 valence electrons. The fourth-order valence-corrected chi connectivity index (χ4v) is 2.96. The zero-order chi connectivity index (χ0) is 15.9. The van der Waals surface area contributed by atoms with Crippen molar-refractivity contribution in [1.29, 1.82) is 0 Å². The molecule has 0 saturated carbocycles. The van der Waals surface area contributed by atoms with Gasteiger partial charge in [0.25, 0.3) is 0 Å². The molecule has 2 aromatic carbocycles. The average Bonchev–Trinajstić information content (AvgIpc) is 2.62. The van der Waals surface area contributed by atoms with Gasteiger partial charge in [0.15, 0.2) is 0 Å². The third-order valence-corrected chi connectivity index (χ3v) is 4.39. The first-order valence-corrected chi connectivity index (χ1v) is 8.31. The molecule has 1 aliphatic heterocycles. The number of carbonyl (C=O) groups excluding carboxylic acids is 1. The van der Waals surface area contributed by atoms with Crippen molar-refractivity contribution >= 4 is 5.91 Å². The number of para-hydroxylation sites is 1. The van der Waals surface area contributed by atoms with Crippen LogP contribution in [0.25, 0.3) is 0 Å². The van der Waals surface area contributed by atoms with Crippen LogP contribution in [-0.4, -0.2) is 30.5 Å². The van der Waals surface area contributed by atoms with E-state index in [9.17, 15) is 4.79 Å². The predicted molar refractivity (Wildman–Crippen MR) is 91.4 cm³/mol. The minimum atomic E-state index is 0.235. The van der Waals surface area contributed by atoms with Gasteiger partial charge < -0.3 is 9.64 Å². The highest BCUT2D eigenvalue weighted by Crippen LogP contribution is 2.20. The molecule has 0 bridgehead atoms. The molecule has 3 nitrogen and oxygen atoms in total. The van der Waals surface area contributed by atoms with Crippen molar-refractivity contribution in [2.45, 2.75) is 19.3 Å². The van der Waals surface area contributed by atoms with Crippen LogP contribution in [0.5, 0.6) is 5.75 Å². The lowest BCUT2D eigenvalue weighted by atomic mass is 9.97. The first kappa shape index (κ1) is 15.6. The second-order valence-electron chi connectivity index (χ2n) is 6.11. The standard InChI is InChI=1S/C20H23NO2/c22-20(15-17-7-3-1-4-8-17)21-13-11-18(12-14-21)16-23-19-9-5-2-6-10-19/h1-10,18H,11-16H2. The van der Waals surface area contributed by atoms with Gasteiger partial charge in [-0.15, -0.1) is 0 Å². The second kappa shape index (κ2) is 7.82. The van der Waals surface area contributed by atoms with Crippen molar-refractivity contribution in [2.75, 3.05) is 19.7 Å². The van der Waals surface area contributed by atoms with Crippen molar-refractivity contribution in [1.82, 2.24) is 4.90 Å². The van der Waals surface area contributed by atoms with Crippen LogP contribution in [0.1, 0.15) is 18.4 Å². The molecule has 3 heteroatoms. The van der Waals surface area contributed by atoms with Crippen LogP contribution in [0.4, 0.5) is 0 Å². The minimum Gasteiger partial charge on any atom is -0.493 e. The molecule has 0 unspecified atom stereocenters. The molecule has 0 radical (unpaired) electrons. The van der Waals surface area contributed by atoms with E-state index in [4.69, 9.17) is 4.74 Å². The van der Waals surface area contributed by atoms with Crippen LogP contribution < -0.4 is 4.74 Å². The molecule has 2 aromatic rings. The third-order valence-electron chi connectivity index (χ3n) is 4.39. The van der Waals surface area contributed by atoms with Gasteiger partial charge in [-0.3, -0.25) is 4.79 Å². The van der Waals surface area contributed by atoms with Crippen molar-refractivity contribution in [3.8, 4) is 5.75 Å². The summed E-state index contributed by atoms with van der Waals surface area (Å²) in [7, 11) is 0. The number of nitrogens with zero attached hydrogens (tertiary/aromatic N) is 1. The monoisotopic (exact) mass is 309 g/mol. The highest BCUT2D eigenvalue weighted by atomic mass is 16.5. The number of likely N-dealkylation sites (tertiary alicyclic amines) is 1. The van der Waals surface area contributed by atoms with E-state index in [2.05, 4.69) is 0 Å². The summed E-state index contributed by atoms with van der Waals surface area (Å²) in [6.45, 7) is 2.42. The number of benzene rings is 2. The number of ether oxygens (including phenoxy) is 1. The first-order chi connectivity index (χ1) is 11.3. The van der Waals surface area contributed by atoms with Crippen LogP contribution in [0, 0.1) is 5.92 Å². The van der Waals surface area contributed by atoms with E-state index >= 15 is 0 Å². The van der Waals surface area contributed by atoms with Crippen LogP contribution in [0.3, 0.4) is 0 Å². The lowest BCUT2D eigenvalue weighted by molar-refractivity contribution is -0.132. The first-order valence-electron chi connectivity index (χ1n) is 8.31. The summed E-state index contributed by atoms with van der Waals surface area (Å²) in [5, 5.41) is 0. The van der Waals surface area contributed by atoms with Crippen LogP contribution in [0.2, 0.25) is 0 Å². The molecule has 0 spiro atoms. The quantitative estimate of drug-likeness (QED) is 0.845. The van der Waals surface area contributed by atoms with Crippen molar-refractivity contribution < 1.29 is 9.53 Å². The van der Waals surface area contributed by atoms with Gasteiger partial charge in [-0.25, -0.2) is 0 Å². The highest BCUT2D eigenvalue weighted by molar-refractivity contribution is 5.78. The van der Waals surface area contributed by atoms with Gasteiger partial charge in [-0.2, -0.15) is 0 Å². The molecule has 0 aromatic heterocycles. The van der Waals surface area contributed by atoms with Gasteiger partial charge in [0.05, 0.1) is 13.0 Å². The highest BCUT2D eigenvalue weighted by Gasteiger charge is 2.23. The molecule has 23 heavy (non-hydrogen) atoms. The summed E-state index contributed by atoms with van der Waals surface area (Å²) in [5.41, 5.74) is 1.09. The van der Waals surface area contributed by atoms with Gasteiger partial charge in [-0.1, -0.05) is 48.5 Å². The summed E-state index contributed by atoms with van der Waals surface area (Å²) >= 11 is 0. The van der Waals surface area contributed by atoms with Gasteiger partial charge in [-0.05, 0) is 36.5 Å². The molecule has 1 aliphatic rings. The van der Waals surface area contributed by atoms with Crippen LogP contribution in [0.15, 0.2) is 60.7 Å². The molecular formula is C20H23NO2. The molecule has 0 atom stereocenters. The van der Waals surface area contributed by atoms with Gasteiger partial charge >= 0.3 is 0 Å². The predicted octanol–water partition coefficient (Wildman–Crippen LogP) is 3.55. The Morgan fingerprint density at radius 3 is 2.22 bits per heavy atom. The van der Waals surface area contributed by atoms with Crippen LogP contribution in [-0.2, 0) is 11.2 Å². The Hall–Kier alpha value is -2.29. The minimum absolute atomic E-state index is 0.235. The smallest absolute Gasteiger partial charge is 0.226 e. The fraction of sp³-hybridized carbons (Fsp3) is 0.350. The Balaban J connectivity index is 1.42. The van der Waals surface area contributed by atoms with Gasteiger partial charge in [0.1, 0.15) is 5.75 Å². The van der Waals surface area contributed by atoms with Crippen molar-refractivity contribution in [2.24, 2.45) is 5.92 Å². The molecule has 1 amide bonds. The summed E-state index contributed by atoms with van der Waals surface area (Å²) in [4.78, 5) is 14.3. The summed E-state index contributed by atoms with van der Waals surface area (Å²) in [5.74, 6) is 1.70. The second-order valence-corrected chi connectivity index (χ2v) is 6.11. The molecule has 1 fully saturated rings. The van der Waals surface area contributed by atoms with Gasteiger partial charge in [0, 0.05) is 13.1 Å². The molecular weight excluding hydrogens is 286 g/mol. The molecule has 0 aliphatic carbocycles. The Morgan fingerprint density at radius 1 is 0.957 bits per heavy atom. The molecule has 1 heterocycles. The SMILES string of the molecule is O=C(Cc1ccccc1)N1CCC(COc2ccccc2)CC1. The zero-order valence-electron chi connectivity index (χ0n) is 13.4. The Morgan fingerprint density at radius 2 is 1.57 bits per heavy atom.